The molecule has 19 heavy (non-hydrogen) atoms. The van der Waals surface area contributed by atoms with E-state index in [0.29, 0.717) is 24.9 Å². The first-order chi connectivity index (χ1) is 9.11. The molecule has 0 radical (unpaired) electrons. The Labute approximate surface area is 116 Å². The molecule has 0 aromatic heterocycles. The second-order valence-corrected chi connectivity index (χ2v) is 5.63. The molecule has 1 aliphatic carbocycles. The fourth-order valence-corrected chi connectivity index (χ4v) is 2.47. The average molecular weight is 271 g/mol. The van der Waals surface area contributed by atoms with Crippen LogP contribution >= 0.6 is 0 Å². The second-order valence-electron chi connectivity index (χ2n) is 5.63. The van der Waals surface area contributed by atoms with Crippen LogP contribution in [0.15, 0.2) is 0 Å². The molecule has 1 fully saturated rings. The van der Waals surface area contributed by atoms with Gasteiger partial charge in [0.2, 0.25) is 5.91 Å². The van der Waals surface area contributed by atoms with Crippen LogP contribution in [0.4, 0.5) is 0 Å². The van der Waals surface area contributed by atoms with Crippen LogP contribution in [0.25, 0.3) is 0 Å². The normalized spacial score (nSPS) is 23.6. The van der Waals surface area contributed by atoms with E-state index in [1.54, 1.807) is 7.11 Å². The van der Waals surface area contributed by atoms with Crippen molar-refractivity contribution in [1.82, 2.24) is 10.2 Å². The van der Waals surface area contributed by atoms with E-state index in [1.165, 1.54) is 0 Å². The van der Waals surface area contributed by atoms with Crippen molar-refractivity contribution < 1.29 is 9.53 Å². The quantitative estimate of drug-likeness (QED) is 0.678. The first-order valence-electron chi connectivity index (χ1n) is 7.31. The lowest BCUT2D eigenvalue weighted by atomic mass is 9.84. The van der Waals surface area contributed by atoms with Crippen molar-refractivity contribution in [2.45, 2.75) is 38.1 Å². The summed E-state index contributed by atoms with van der Waals surface area (Å²) in [5, 5.41) is 3.00. The van der Waals surface area contributed by atoms with E-state index in [0.717, 1.165) is 45.4 Å². The van der Waals surface area contributed by atoms with Crippen molar-refractivity contribution in [3.05, 3.63) is 0 Å². The van der Waals surface area contributed by atoms with Gasteiger partial charge in [-0.2, -0.15) is 0 Å². The summed E-state index contributed by atoms with van der Waals surface area (Å²) in [5.41, 5.74) is 5.86. The fourth-order valence-electron chi connectivity index (χ4n) is 2.47. The molecular formula is C14H29N3O2. The van der Waals surface area contributed by atoms with Gasteiger partial charge >= 0.3 is 0 Å². The third-order valence-electron chi connectivity index (χ3n) is 3.86. The van der Waals surface area contributed by atoms with E-state index in [9.17, 15) is 4.79 Å². The Bertz CT molecular complexity index is 253. The summed E-state index contributed by atoms with van der Waals surface area (Å²) in [5.74, 6) is 0.714. The number of methoxy groups -OCH3 is 1. The molecule has 0 heterocycles. The molecule has 1 saturated carbocycles. The Morgan fingerprint density at radius 1 is 1.32 bits per heavy atom. The van der Waals surface area contributed by atoms with Crippen molar-refractivity contribution in [1.29, 1.82) is 0 Å². The predicted octanol–water partition coefficient (Wildman–Crippen LogP) is 0.588. The molecule has 112 valence electrons. The van der Waals surface area contributed by atoms with Crippen molar-refractivity contribution in [3.63, 3.8) is 0 Å². The van der Waals surface area contributed by atoms with Gasteiger partial charge in [-0.1, -0.05) is 0 Å². The van der Waals surface area contributed by atoms with Gasteiger partial charge in [-0.05, 0) is 38.6 Å². The molecule has 5 heteroatoms. The fraction of sp³-hybridized carbons (Fsp3) is 0.929. The number of carbonyl (C=O) groups is 1. The molecule has 0 atom stereocenters. The average Bonchev–Trinajstić information content (AvgIpc) is 2.39. The van der Waals surface area contributed by atoms with Crippen LogP contribution in [0.3, 0.4) is 0 Å². The molecule has 0 spiro atoms. The van der Waals surface area contributed by atoms with Crippen molar-refractivity contribution in [2.24, 2.45) is 11.7 Å². The van der Waals surface area contributed by atoms with Gasteiger partial charge in [0.05, 0.1) is 6.61 Å². The van der Waals surface area contributed by atoms with Gasteiger partial charge in [0.1, 0.15) is 0 Å². The maximum absolute atomic E-state index is 11.8. The lowest BCUT2D eigenvalue weighted by molar-refractivity contribution is -0.122. The van der Waals surface area contributed by atoms with E-state index in [2.05, 4.69) is 10.2 Å². The molecule has 1 aliphatic rings. The molecule has 1 rings (SSSR count). The Balaban J connectivity index is 2.04. The van der Waals surface area contributed by atoms with Crippen LogP contribution in [0.2, 0.25) is 0 Å². The van der Waals surface area contributed by atoms with Crippen LogP contribution in [-0.4, -0.2) is 57.2 Å². The number of nitrogens with one attached hydrogen (secondary N) is 1. The maximum atomic E-state index is 11.8. The Morgan fingerprint density at radius 3 is 2.63 bits per heavy atom. The third-order valence-corrected chi connectivity index (χ3v) is 3.86. The zero-order valence-electron chi connectivity index (χ0n) is 12.4. The lowest BCUT2D eigenvalue weighted by Crippen LogP contribution is -2.35. The highest BCUT2D eigenvalue weighted by Gasteiger charge is 2.20. The van der Waals surface area contributed by atoms with E-state index in [-0.39, 0.29) is 5.91 Å². The summed E-state index contributed by atoms with van der Waals surface area (Å²) in [6.07, 6.45) is 4.99. The summed E-state index contributed by atoms with van der Waals surface area (Å²) < 4.78 is 5.01. The number of nitrogens with two attached hydrogens (primary N) is 1. The zero-order chi connectivity index (χ0) is 14.1. The third kappa shape index (κ3) is 7.50. The van der Waals surface area contributed by atoms with Crippen molar-refractivity contribution in [2.75, 3.05) is 40.4 Å². The second kappa shape index (κ2) is 9.28. The van der Waals surface area contributed by atoms with Crippen LogP contribution in [0, 0.1) is 5.92 Å². The molecule has 0 aliphatic heterocycles. The summed E-state index contributed by atoms with van der Waals surface area (Å²) in [6, 6.07) is 0.355. The van der Waals surface area contributed by atoms with E-state index in [1.807, 2.05) is 7.05 Å². The SMILES string of the molecule is COCCN(C)CCNC(=O)CC1CCC(N)CC1. The van der Waals surface area contributed by atoms with E-state index < -0.39 is 0 Å². The van der Waals surface area contributed by atoms with Crippen LogP contribution in [-0.2, 0) is 9.53 Å². The number of hydrogen-bond acceptors (Lipinski definition) is 4. The number of nitrogens with zero attached hydrogens (tertiary/aromatic N) is 1. The summed E-state index contributed by atoms with van der Waals surface area (Å²) in [6.45, 7) is 3.20. The Morgan fingerprint density at radius 2 is 2.00 bits per heavy atom. The van der Waals surface area contributed by atoms with Gasteiger partial charge in [0.25, 0.3) is 0 Å². The molecule has 0 unspecified atom stereocenters. The number of ether oxygens (including phenoxy) is 1. The minimum atomic E-state index is 0.181. The van der Waals surface area contributed by atoms with E-state index in [4.69, 9.17) is 10.5 Å². The highest BCUT2D eigenvalue weighted by atomic mass is 16.5. The Kier molecular flexibility index (Phi) is 8.02. The highest BCUT2D eigenvalue weighted by molar-refractivity contribution is 5.76. The van der Waals surface area contributed by atoms with Gasteiger partial charge in [0, 0.05) is 39.2 Å². The molecule has 1 amide bonds. The number of carbonyl (C=O) groups excluding carboxylic acids is 1. The molecule has 5 nitrogen and oxygen atoms in total. The van der Waals surface area contributed by atoms with Crippen LogP contribution in [0.1, 0.15) is 32.1 Å². The standard InChI is InChI=1S/C14H29N3O2/c1-17(9-10-19-2)8-7-16-14(18)11-12-3-5-13(15)6-4-12/h12-13H,3-11,15H2,1-2H3,(H,16,18). The zero-order valence-corrected chi connectivity index (χ0v) is 12.4. The molecule has 0 saturated heterocycles. The minimum Gasteiger partial charge on any atom is -0.383 e. The molecule has 0 aromatic carbocycles. The number of rotatable bonds is 8. The molecule has 0 aromatic rings. The topological polar surface area (TPSA) is 67.6 Å². The number of likely N-dealkylation sites (N-methyl/N-ethyl adjacent to an activating group) is 1. The first kappa shape index (κ1) is 16.4. The van der Waals surface area contributed by atoms with Crippen molar-refractivity contribution >= 4 is 5.91 Å². The molecule has 0 bridgehead atoms. The highest BCUT2D eigenvalue weighted by Crippen LogP contribution is 2.25. The first-order valence-corrected chi connectivity index (χ1v) is 7.31. The Hall–Kier alpha value is -0.650. The molecular weight excluding hydrogens is 242 g/mol. The molecule has 3 N–H and O–H groups in total. The van der Waals surface area contributed by atoms with Gasteiger partial charge in [0.15, 0.2) is 0 Å². The van der Waals surface area contributed by atoms with Crippen LogP contribution < -0.4 is 11.1 Å². The summed E-state index contributed by atoms with van der Waals surface area (Å²) in [7, 11) is 3.74. The maximum Gasteiger partial charge on any atom is 0.220 e. The monoisotopic (exact) mass is 271 g/mol. The van der Waals surface area contributed by atoms with Gasteiger partial charge in [-0.3, -0.25) is 4.79 Å². The smallest absolute Gasteiger partial charge is 0.220 e. The van der Waals surface area contributed by atoms with Crippen LogP contribution in [0.5, 0.6) is 0 Å². The predicted molar refractivity (Wildman–Crippen MR) is 76.9 cm³/mol. The van der Waals surface area contributed by atoms with Crippen molar-refractivity contribution in [3.8, 4) is 0 Å². The number of amides is 1. The van der Waals surface area contributed by atoms with E-state index >= 15 is 0 Å². The minimum absolute atomic E-state index is 0.181. The summed E-state index contributed by atoms with van der Waals surface area (Å²) >= 11 is 0. The largest absolute Gasteiger partial charge is 0.383 e. The lowest BCUT2D eigenvalue weighted by Gasteiger charge is -2.25. The van der Waals surface area contributed by atoms with Gasteiger partial charge < -0.3 is 20.7 Å². The number of hydrogen-bond donors (Lipinski definition) is 2. The summed E-state index contributed by atoms with van der Waals surface area (Å²) in [4.78, 5) is 14.0. The van der Waals surface area contributed by atoms with Gasteiger partial charge in [-0.25, -0.2) is 0 Å². The van der Waals surface area contributed by atoms with Gasteiger partial charge in [-0.15, -0.1) is 0 Å².